The van der Waals surface area contributed by atoms with E-state index in [1.54, 1.807) is 6.20 Å². The molecule has 4 nitrogen and oxygen atoms in total. The normalized spacial score (nSPS) is 22.4. The molecule has 2 atom stereocenters. The smallest absolute Gasteiger partial charge is 0.223 e. The van der Waals surface area contributed by atoms with Crippen molar-refractivity contribution >= 4 is 18.3 Å². The number of hydrogen-bond donors (Lipinski definition) is 2. The van der Waals surface area contributed by atoms with Gasteiger partial charge in [-0.05, 0) is 43.4 Å². The van der Waals surface area contributed by atoms with Crippen LogP contribution in [0.3, 0.4) is 0 Å². The third kappa shape index (κ3) is 4.48. The highest BCUT2D eigenvalue weighted by Gasteiger charge is 2.24. The maximum absolute atomic E-state index is 12.0. The Balaban J connectivity index is 0.00000180. The van der Waals surface area contributed by atoms with Gasteiger partial charge in [-0.1, -0.05) is 6.42 Å². The van der Waals surface area contributed by atoms with Gasteiger partial charge >= 0.3 is 0 Å². The lowest BCUT2D eigenvalue weighted by Crippen LogP contribution is -2.37. The van der Waals surface area contributed by atoms with Crippen molar-refractivity contribution in [3.05, 3.63) is 29.6 Å². The fraction of sp³-hybridized carbons (Fsp3) is 0.571. The van der Waals surface area contributed by atoms with E-state index in [-0.39, 0.29) is 30.3 Å². The summed E-state index contributed by atoms with van der Waals surface area (Å²) in [5.74, 6) is 0.234. The summed E-state index contributed by atoms with van der Waals surface area (Å²) in [5.41, 5.74) is 8.14. The molecule has 1 aliphatic carbocycles. The molecule has 1 fully saturated rings. The second-order valence-corrected chi connectivity index (χ2v) is 5.14. The standard InChI is InChI=1S/C14H21N3O.ClH/c1-10-8-16-6-5-12(10)9-17-14(18)11-3-2-4-13(15)7-11;/h5-6,8,11,13H,2-4,7,9,15H2,1H3,(H,17,18);1H. The van der Waals surface area contributed by atoms with E-state index < -0.39 is 0 Å². The number of pyridine rings is 1. The van der Waals surface area contributed by atoms with E-state index in [1.165, 1.54) is 0 Å². The van der Waals surface area contributed by atoms with Gasteiger partial charge in [0.05, 0.1) is 0 Å². The molecule has 106 valence electrons. The van der Waals surface area contributed by atoms with Gasteiger partial charge < -0.3 is 11.1 Å². The number of carbonyl (C=O) groups is 1. The molecule has 0 saturated heterocycles. The Morgan fingerprint density at radius 1 is 1.53 bits per heavy atom. The number of amides is 1. The van der Waals surface area contributed by atoms with Gasteiger partial charge in [0.1, 0.15) is 0 Å². The fourth-order valence-corrected chi connectivity index (χ4v) is 2.49. The zero-order valence-corrected chi connectivity index (χ0v) is 12.1. The predicted molar refractivity (Wildman–Crippen MR) is 78.0 cm³/mol. The third-order valence-electron chi connectivity index (χ3n) is 3.68. The van der Waals surface area contributed by atoms with Gasteiger partial charge in [-0.15, -0.1) is 12.4 Å². The fourth-order valence-electron chi connectivity index (χ4n) is 2.49. The Hall–Kier alpha value is -1.13. The predicted octanol–water partition coefficient (Wildman–Crippen LogP) is 1.95. The average molecular weight is 284 g/mol. The molecule has 1 aliphatic rings. The first-order valence-electron chi connectivity index (χ1n) is 6.59. The van der Waals surface area contributed by atoms with Gasteiger partial charge in [0.2, 0.25) is 5.91 Å². The summed E-state index contributed by atoms with van der Waals surface area (Å²) in [6.45, 7) is 2.59. The topological polar surface area (TPSA) is 68.0 Å². The maximum Gasteiger partial charge on any atom is 0.223 e. The van der Waals surface area contributed by atoms with Crippen LogP contribution < -0.4 is 11.1 Å². The molecule has 0 spiro atoms. The molecular formula is C14H22ClN3O. The van der Waals surface area contributed by atoms with E-state index in [0.717, 1.165) is 36.8 Å². The number of aryl methyl sites for hydroxylation is 1. The monoisotopic (exact) mass is 283 g/mol. The van der Waals surface area contributed by atoms with Crippen LogP contribution in [0.1, 0.15) is 36.8 Å². The van der Waals surface area contributed by atoms with Gasteiger partial charge in [0.15, 0.2) is 0 Å². The molecular weight excluding hydrogens is 262 g/mol. The van der Waals surface area contributed by atoms with Crippen molar-refractivity contribution in [1.29, 1.82) is 0 Å². The maximum atomic E-state index is 12.0. The summed E-state index contributed by atoms with van der Waals surface area (Å²) in [6, 6.07) is 2.14. The van der Waals surface area contributed by atoms with Crippen LogP contribution in [-0.4, -0.2) is 16.9 Å². The number of carbonyl (C=O) groups excluding carboxylic acids is 1. The van der Waals surface area contributed by atoms with Gasteiger partial charge in [0.25, 0.3) is 0 Å². The largest absolute Gasteiger partial charge is 0.352 e. The molecule has 1 aromatic rings. The van der Waals surface area contributed by atoms with Gasteiger partial charge in [0, 0.05) is 30.9 Å². The third-order valence-corrected chi connectivity index (χ3v) is 3.68. The van der Waals surface area contributed by atoms with Gasteiger partial charge in [-0.3, -0.25) is 9.78 Å². The SMILES string of the molecule is Cc1cnccc1CNC(=O)C1CCCC(N)C1.Cl. The second kappa shape index (κ2) is 7.46. The molecule has 1 saturated carbocycles. The second-order valence-electron chi connectivity index (χ2n) is 5.14. The van der Waals surface area contributed by atoms with Crippen LogP contribution in [0.25, 0.3) is 0 Å². The molecule has 1 amide bonds. The minimum Gasteiger partial charge on any atom is -0.352 e. The first-order chi connectivity index (χ1) is 8.66. The van der Waals surface area contributed by atoms with Crippen molar-refractivity contribution in [2.75, 3.05) is 0 Å². The van der Waals surface area contributed by atoms with E-state index >= 15 is 0 Å². The Morgan fingerprint density at radius 2 is 2.32 bits per heavy atom. The van der Waals surface area contributed by atoms with Crippen LogP contribution in [0.15, 0.2) is 18.5 Å². The summed E-state index contributed by atoms with van der Waals surface area (Å²) >= 11 is 0. The van der Waals surface area contributed by atoms with E-state index in [2.05, 4.69) is 10.3 Å². The zero-order chi connectivity index (χ0) is 13.0. The minimum atomic E-state index is 0. The summed E-state index contributed by atoms with van der Waals surface area (Å²) in [6.07, 6.45) is 7.47. The summed E-state index contributed by atoms with van der Waals surface area (Å²) in [7, 11) is 0. The number of nitrogens with two attached hydrogens (primary N) is 1. The van der Waals surface area contributed by atoms with E-state index in [0.29, 0.717) is 6.54 Å². The van der Waals surface area contributed by atoms with Crippen LogP contribution in [0.5, 0.6) is 0 Å². The van der Waals surface area contributed by atoms with Crippen LogP contribution in [0, 0.1) is 12.8 Å². The van der Waals surface area contributed by atoms with Crippen molar-refractivity contribution in [3.8, 4) is 0 Å². The van der Waals surface area contributed by atoms with Crippen molar-refractivity contribution in [2.24, 2.45) is 11.7 Å². The van der Waals surface area contributed by atoms with Crippen LogP contribution in [0.2, 0.25) is 0 Å². The number of halogens is 1. The average Bonchev–Trinajstić information content (AvgIpc) is 2.37. The highest BCUT2D eigenvalue weighted by molar-refractivity contribution is 5.85. The number of hydrogen-bond acceptors (Lipinski definition) is 3. The Kier molecular flexibility index (Phi) is 6.25. The number of nitrogens with zero attached hydrogens (tertiary/aromatic N) is 1. The van der Waals surface area contributed by atoms with Gasteiger partial charge in [-0.25, -0.2) is 0 Å². The van der Waals surface area contributed by atoms with Crippen LogP contribution in [0.4, 0.5) is 0 Å². The summed E-state index contributed by atoms with van der Waals surface area (Å²) in [4.78, 5) is 16.1. The van der Waals surface area contributed by atoms with Gasteiger partial charge in [-0.2, -0.15) is 0 Å². The highest BCUT2D eigenvalue weighted by atomic mass is 35.5. The molecule has 1 aromatic heterocycles. The van der Waals surface area contributed by atoms with E-state index in [9.17, 15) is 4.79 Å². The van der Waals surface area contributed by atoms with Crippen LogP contribution >= 0.6 is 12.4 Å². The van der Waals surface area contributed by atoms with E-state index in [4.69, 9.17) is 5.73 Å². The highest BCUT2D eigenvalue weighted by Crippen LogP contribution is 2.23. The van der Waals surface area contributed by atoms with Crippen molar-refractivity contribution in [1.82, 2.24) is 10.3 Å². The van der Waals surface area contributed by atoms with Crippen molar-refractivity contribution in [2.45, 2.75) is 45.2 Å². The first-order valence-corrected chi connectivity index (χ1v) is 6.59. The van der Waals surface area contributed by atoms with Crippen LogP contribution in [-0.2, 0) is 11.3 Å². The Bertz CT molecular complexity index is 425. The lowest BCUT2D eigenvalue weighted by molar-refractivity contribution is -0.126. The molecule has 0 aromatic carbocycles. The summed E-state index contributed by atoms with van der Waals surface area (Å²) in [5, 5.41) is 3.01. The molecule has 19 heavy (non-hydrogen) atoms. The minimum absolute atomic E-state index is 0. The molecule has 0 aliphatic heterocycles. The quantitative estimate of drug-likeness (QED) is 0.891. The zero-order valence-electron chi connectivity index (χ0n) is 11.3. The van der Waals surface area contributed by atoms with Crippen molar-refractivity contribution < 1.29 is 4.79 Å². The molecule has 5 heteroatoms. The Labute approximate surface area is 120 Å². The molecule has 2 rings (SSSR count). The lowest BCUT2D eigenvalue weighted by atomic mass is 9.85. The number of rotatable bonds is 3. The molecule has 3 N–H and O–H groups in total. The summed E-state index contributed by atoms with van der Waals surface area (Å²) < 4.78 is 0. The molecule has 2 unspecified atom stereocenters. The van der Waals surface area contributed by atoms with E-state index in [1.807, 2.05) is 19.2 Å². The molecule has 0 radical (unpaired) electrons. The number of nitrogens with one attached hydrogen (secondary N) is 1. The van der Waals surface area contributed by atoms with Crippen molar-refractivity contribution in [3.63, 3.8) is 0 Å². The number of aromatic nitrogens is 1. The Morgan fingerprint density at radius 3 is 3.00 bits per heavy atom. The molecule has 1 heterocycles. The molecule has 0 bridgehead atoms. The first kappa shape index (κ1) is 15.9. The lowest BCUT2D eigenvalue weighted by Gasteiger charge is -2.25.